The van der Waals surface area contributed by atoms with Crippen molar-refractivity contribution in [1.82, 2.24) is 0 Å². The molecular formula is C20H35N2Na5O7P2. The number of aryl methyl sites for hydroxylation is 1. The van der Waals surface area contributed by atoms with Gasteiger partial charge in [-0.3, -0.25) is 0 Å². The van der Waals surface area contributed by atoms with Gasteiger partial charge < -0.3 is 45.3 Å². The van der Waals surface area contributed by atoms with E-state index in [0.29, 0.717) is 6.54 Å². The molecular weight excluding hydrogens is 557 g/mol. The molecule has 0 amide bonds. The minimum atomic E-state index is -5.93. The summed E-state index contributed by atoms with van der Waals surface area (Å²) in [5.41, 5.74) is 14.7. The molecule has 0 saturated heterocycles. The maximum absolute atomic E-state index is 10.4. The number of nitrogens with two attached hydrogens (primary N) is 1. The van der Waals surface area contributed by atoms with E-state index in [0.717, 1.165) is 5.56 Å². The number of unbranched alkanes of at least 4 members (excludes halogenated alkanes) is 6. The summed E-state index contributed by atoms with van der Waals surface area (Å²) in [5.74, 6) is 0. The van der Waals surface area contributed by atoms with Crippen LogP contribution in [0.25, 0.3) is 5.73 Å². The van der Waals surface area contributed by atoms with Gasteiger partial charge in [0.15, 0.2) is 0 Å². The molecule has 0 saturated carbocycles. The van der Waals surface area contributed by atoms with Crippen molar-refractivity contribution in [2.75, 3.05) is 6.54 Å². The predicted molar refractivity (Wildman–Crippen MR) is 115 cm³/mol. The molecule has 0 aliphatic heterocycles. The summed E-state index contributed by atoms with van der Waals surface area (Å²) in [6, 6.07) is 8.54. The molecule has 36 heavy (non-hydrogen) atoms. The number of rotatable bonds is 14. The maximum Gasteiger partial charge on any atom is 1.00 e. The molecule has 0 fully saturated rings. The Hall–Kier alpha value is 4.40. The second kappa shape index (κ2) is 29.5. The van der Waals surface area contributed by atoms with E-state index in [9.17, 15) is 28.7 Å². The first-order valence-electron chi connectivity index (χ1n) is 10.6. The average molecular weight is 592 g/mol. The summed E-state index contributed by atoms with van der Waals surface area (Å²) in [5, 5.41) is 5.22. The Balaban J connectivity index is -0.000000111. The summed E-state index contributed by atoms with van der Waals surface area (Å²) in [6.45, 7) is 2.51. The second-order valence-electron chi connectivity index (χ2n) is 7.53. The van der Waals surface area contributed by atoms with Crippen LogP contribution in [0.5, 0.6) is 0 Å². The van der Waals surface area contributed by atoms with Gasteiger partial charge in [0.1, 0.15) is 5.08 Å². The fraction of sp³-hybridized carbons (Fsp3) is 0.700. The van der Waals surface area contributed by atoms with Gasteiger partial charge in [0.05, 0.1) is 0 Å². The van der Waals surface area contributed by atoms with E-state index < -0.39 is 26.7 Å². The molecule has 4 N–H and O–H groups in total. The molecule has 0 aliphatic rings. The molecule has 9 nitrogen and oxygen atoms in total. The Labute approximate surface area is 327 Å². The third kappa shape index (κ3) is 22.9. The summed E-state index contributed by atoms with van der Waals surface area (Å²) in [4.78, 5) is 41.7. The first kappa shape index (κ1) is 53.0. The third-order valence-electron chi connectivity index (χ3n) is 4.89. The normalized spacial score (nSPS) is 10.7. The smallest absolute Gasteiger partial charge is 0.808 e. The van der Waals surface area contributed by atoms with Crippen molar-refractivity contribution in [2.24, 2.45) is 5.73 Å². The zero-order valence-electron chi connectivity index (χ0n) is 23.2. The number of nitrogens with one attached hydrogen (secondary N) is 1. The molecule has 0 unspecified atom stereocenters. The second-order valence-corrected chi connectivity index (χ2v) is 11.3. The van der Waals surface area contributed by atoms with Crippen LogP contribution in [0, 0.1) is 0 Å². The van der Waals surface area contributed by atoms with E-state index >= 15 is 0 Å². The van der Waals surface area contributed by atoms with Crippen LogP contribution in [0.4, 0.5) is 0 Å². The zero-order valence-corrected chi connectivity index (χ0v) is 35.0. The van der Waals surface area contributed by atoms with Crippen LogP contribution in [0.15, 0.2) is 24.3 Å². The van der Waals surface area contributed by atoms with Gasteiger partial charge in [-0.2, -0.15) is 0 Å². The van der Waals surface area contributed by atoms with Gasteiger partial charge in [0.25, 0.3) is 0 Å². The van der Waals surface area contributed by atoms with Crippen molar-refractivity contribution < 1.29 is 182 Å². The fourth-order valence-electron chi connectivity index (χ4n) is 2.87. The van der Waals surface area contributed by atoms with Crippen molar-refractivity contribution in [3.8, 4) is 0 Å². The van der Waals surface area contributed by atoms with Crippen molar-refractivity contribution in [3.63, 3.8) is 0 Å². The van der Waals surface area contributed by atoms with Crippen molar-refractivity contribution in [3.05, 3.63) is 41.1 Å². The average Bonchev–Trinajstić information content (AvgIpc) is 2.70. The number of hydrogen-bond acceptors (Lipinski definition) is 8. The van der Waals surface area contributed by atoms with Crippen molar-refractivity contribution >= 4 is 15.2 Å². The Morgan fingerprint density at radius 3 is 1.53 bits per heavy atom. The topological polar surface area (TPSA) is 196 Å². The van der Waals surface area contributed by atoms with Gasteiger partial charge in [0.2, 0.25) is 0 Å². The third-order valence-corrected chi connectivity index (χ3v) is 8.56. The molecule has 0 bridgehead atoms. The van der Waals surface area contributed by atoms with E-state index in [1.165, 1.54) is 56.9 Å². The van der Waals surface area contributed by atoms with Crippen molar-refractivity contribution in [1.29, 1.82) is 0 Å². The van der Waals surface area contributed by atoms with E-state index in [1.54, 1.807) is 0 Å². The van der Waals surface area contributed by atoms with E-state index in [1.807, 2.05) is 0 Å². The van der Waals surface area contributed by atoms with Gasteiger partial charge in [-0.05, 0) is 53.0 Å². The Bertz CT molecular complexity index is 688. The predicted octanol–water partition coefficient (Wildman–Crippen LogP) is -13.2. The number of benzene rings is 1. The van der Waals surface area contributed by atoms with Crippen LogP contribution in [-0.4, -0.2) is 16.7 Å². The SMILES string of the molecule is CCCCCCCCCc1ccc(C[NH-])cc1.NCCCC(O)(P(=O)([O-])[O-])P(=O)([O-])[O-].[Na+].[Na+].[Na+].[Na+].[Na+]. The molecule has 0 aliphatic carbocycles. The van der Waals surface area contributed by atoms with E-state index in [2.05, 4.69) is 31.2 Å². The molecule has 0 radical (unpaired) electrons. The molecule has 0 heterocycles. The molecule has 1 aromatic rings. The Morgan fingerprint density at radius 1 is 0.778 bits per heavy atom. The minimum Gasteiger partial charge on any atom is -0.808 e. The summed E-state index contributed by atoms with van der Waals surface area (Å²) in [7, 11) is -11.9. The van der Waals surface area contributed by atoms with Crippen LogP contribution in [0.1, 0.15) is 75.8 Å². The summed E-state index contributed by atoms with van der Waals surface area (Å²) >= 11 is 0. The number of hydrogen-bond donors (Lipinski definition) is 2. The monoisotopic (exact) mass is 592 g/mol. The summed E-state index contributed by atoms with van der Waals surface area (Å²) in [6.07, 6.45) is 9.56. The molecule has 0 spiro atoms. The molecule has 0 atom stereocenters. The van der Waals surface area contributed by atoms with Crippen LogP contribution in [-0.2, 0) is 22.1 Å². The largest absolute Gasteiger partial charge is 1.00 e. The van der Waals surface area contributed by atoms with Crippen LogP contribution >= 0.6 is 15.2 Å². The van der Waals surface area contributed by atoms with Gasteiger partial charge in [-0.25, -0.2) is 0 Å². The molecule has 0 aromatic heterocycles. The molecule has 182 valence electrons. The fourth-order valence-corrected chi connectivity index (χ4v) is 4.94. The Morgan fingerprint density at radius 2 is 1.17 bits per heavy atom. The van der Waals surface area contributed by atoms with Gasteiger partial charge in [-0.15, -0.1) is 6.54 Å². The molecule has 16 heteroatoms. The van der Waals surface area contributed by atoms with Crippen LogP contribution in [0.3, 0.4) is 0 Å². The summed E-state index contributed by atoms with van der Waals surface area (Å²) < 4.78 is 20.8. The van der Waals surface area contributed by atoms with E-state index in [-0.39, 0.29) is 161 Å². The van der Waals surface area contributed by atoms with Gasteiger partial charge >= 0.3 is 148 Å². The zero-order chi connectivity index (χ0) is 24.0. The van der Waals surface area contributed by atoms with Crippen LogP contribution in [0.2, 0.25) is 0 Å². The van der Waals surface area contributed by atoms with Crippen molar-refractivity contribution in [2.45, 2.75) is 82.8 Å². The van der Waals surface area contributed by atoms with Gasteiger partial charge in [-0.1, -0.05) is 75.3 Å². The van der Waals surface area contributed by atoms with E-state index in [4.69, 9.17) is 16.6 Å². The first-order valence-corrected chi connectivity index (χ1v) is 13.7. The minimum absolute atomic E-state index is 0. The van der Waals surface area contributed by atoms with Gasteiger partial charge in [0, 0.05) is 0 Å². The molecule has 1 aromatic carbocycles. The first-order chi connectivity index (χ1) is 14.4. The maximum atomic E-state index is 10.4. The number of aliphatic hydroxyl groups is 1. The standard InChI is InChI=1S/C16H26N.C4H13NO7P2.5Na/c1-2-3-4-5-6-7-8-9-15-10-12-16(14-17)13-11-15;5-3-1-2-4(6,13(7,8)9)14(10,11)12;;;;;/h10-13,17H,2-9,14H2,1H3;6H,1-3,5H2,(H2,7,8,9)(H2,10,11,12);;;;;/q-1;;5*+1/p-4. The molecule has 1 rings (SSSR count). The quantitative estimate of drug-likeness (QED) is 0.121. The van der Waals surface area contributed by atoms with Crippen LogP contribution < -0.4 is 173 Å². The Kier molecular flexibility index (Phi) is 43.4.